The number of rotatable bonds is 3. The van der Waals surface area contributed by atoms with Crippen LogP contribution >= 0.6 is 11.3 Å². The third kappa shape index (κ3) is 2.93. The van der Waals surface area contributed by atoms with Crippen LogP contribution < -0.4 is 5.32 Å². The molecule has 1 N–H and O–H groups in total. The summed E-state index contributed by atoms with van der Waals surface area (Å²) in [7, 11) is -3.01. The molecule has 1 aliphatic heterocycles. The summed E-state index contributed by atoms with van der Waals surface area (Å²) in [5.74, 6) is -0.0207. The van der Waals surface area contributed by atoms with E-state index in [9.17, 15) is 13.2 Å². The highest BCUT2D eigenvalue weighted by Gasteiger charge is 2.30. The van der Waals surface area contributed by atoms with Crippen molar-refractivity contribution < 1.29 is 13.2 Å². The van der Waals surface area contributed by atoms with Crippen molar-refractivity contribution >= 4 is 32.2 Å². The lowest BCUT2D eigenvalue weighted by Crippen LogP contribution is -2.31. The summed E-state index contributed by atoms with van der Waals surface area (Å²) < 4.78 is 23.1. The van der Waals surface area contributed by atoms with Crippen LogP contribution in [-0.2, 0) is 26.8 Å². The first kappa shape index (κ1) is 15.2. The van der Waals surface area contributed by atoms with Gasteiger partial charge in [0.25, 0.3) is 0 Å². The smallest absolute Gasteiger partial charge is 0.235 e. The number of thiazole rings is 1. The highest BCUT2D eigenvalue weighted by atomic mass is 32.2. The van der Waals surface area contributed by atoms with E-state index in [0.717, 1.165) is 16.1 Å². The van der Waals surface area contributed by atoms with Gasteiger partial charge in [-0.05, 0) is 20.8 Å². The van der Waals surface area contributed by atoms with Gasteiger partial charge in [-0.1, -0.05) is 12.2 Å². The molecule has 0 fully saturated rings. The minimum atomic E-state index is -3.01. The van der Waals surface area contributed by atoms with Gasteiger partial charge in [0.05, 0.1) is 22.6 Å². The van der Waals surface area contributed by atoms with E-state index in [1.165, 1.54) is 11.3 Å². The van der Waals surface area contributed by atoms with E-state index in [1.54, 1.807) is 20.8 Å². The Morgan fingerprint density at radius 3 is 2.70 bits per heavy atom. The lowest BCUT2D eigenvalue weighted by molar-refractivity contribution is -0.122. The van der Waals surface area contributed by atoms with Gasteiger partial charge >= 0.3 is 0 Å². The van der Waals surface area contributed by atoms with Crippen LogP contribution in [-0.4, -0.2) is 25.1 Å². The summed E-state index contributed by atoms with van der Waals surface area (Å²) in [5, 5.41) is 3.23. The third-order valence-electron chi connectivity index (χ3n) is 3.63. The maximum atomic E-state index is 12.2. The summed E-state index contributed by atoms with van der Waals surface area (Å²) in [6.07, 6.45) is 0.425. The summed E-state index contributed by atoms with van der Waals surface area (Å²) >= 11 is 1.24. The number of nitrogens with one attached hydrogen (secondary N) is 1. The van der Waals surface area contributed by atoms with Crippen molar-refractivity contribution in [2.45, 2.75) is 32.9 Å². The Morgan fingerprint density at radius 1 is 1.45 bits per heavy atom. The topological polar surface area (TPSA) is 76.1 Å². The van der Waals surface area contributed by atoms with Crippen LogP contribution in [0.1, 0.15) is 31.3 Å². The molecule has 1 aliphatic rings. The average molecular weight is 314 g/mol. The Labute approximate surface area is 123 Å². The Morgan fingerprint density at radius 2 is 2.10 bits per heavy atom. The average Bonchev–Trinajstić information content (AvgIpc) is 2.68. The highest BCUT2D eigenvalue weighted by molar-refractivity contribution is 7.90. The van der Waals surface area contributed by atoms with Crippen molar-refractivity contribution in [3.8, 4) is 0 Å². The van der Waals surface area contributed by atoms with Gasteiger partial charge in [-0.2, -0.15) is 0 Å². The van der Waals surface area contributed by atoms with Gasteiger partial charge in [0.1, 0.15) is 0 Å². The second-order valence-electron chi connectivity index (χ2n) is 5.59. The van der Waals surface area contributed by atoms with E-state index in [1.807, 2.05) is 0 Å². The summed E-state index contributed by atoms with van der Waals surface area (Å²) in [5.41, 5.74) is 0.866. The Balaban J connectivity index is 2.19. The SMILES string of the molecule is C=C(C)C(C)(C)C(=O)Nc1nc2c(s1)CS(=O)(=O)CC2. The van der Waals surface area contributed by atoms with Crippen LogP contribution in [0, 0.1) is 5.41 Å². The molecule has 1 aromatic rings. The molecule has 0 saturated heterocycles. The fourth-order valence-electron chi connectivity index (χ4n) is 1.72. The van der Waals surface area contributed by atoms with E-state index in [0.29, 0.717) is 11.6 Å². The first-order valence-corrected chi connectivity index (χ1v) is 8.92. The van der Waals surface area contributed by atoms with Gasteiger partial charge in [-0.3, -0.25) is 4.79 Å². The molecule has 2 heterocycles. The van der Waals surface area contributed by atoms with Crippen molar-refractivity contribution in [3.05, 3.63) is 22.7 Å². The molecule has 0 aliphatic carbocycles. The Bertz CT molecular complexity index is 672. The molecule has 2 rings (SSSR count). The molecule has 0 saturated carbocycles. The summed E-state index contributed by atoms with van der Waals surface area (Å²) in [6.45, 7) is 9.21. The van der Waals surface area contributed by atoms with Crippen molar-refractivity contribution in [2.75, 3.05) is 11.1 Å². The zero-order chi connectivity index (χ0) is 15.1. The monoisotopic (exact) mass is 314 g/mol. The molecule has 0 atom stereocenters. The molecule has 1 amide bonds. The van der Waals surface area contributed by atoms with Gasteiger partial charge in [0.15, 0.2) is 15.0 Å². The number of sulfone groups is 1. The quantitative estimate of drug-likeness (QED) is 0.867. The van der Waals surface area contributed by atoms with Gasteiger partial charge in [-0.15, -0.1) is 11.3 Å². The standard InChI is InChI=1S/C13H18N2O3S2/c1-8(2)13(3,4)11(16)15-12-14-9-5-6-20(17,18)7-10(9)19-12/h1,5-7H2,2-4H3,(H,14,15,16). The molecule has 110 valence electrons. The van der Waals surface area contributed by atoms with E-state index in [-0.39, 0.29) is 17.4 Å². The van der Waals surface area contributed by atoms with Gasteiger partial charge in [-0.25, -0.2) is 13.4 Å². The zero-order valence-corrected chi connectivity index (χ0v) is 13.4. The number of fused-ring (bicyclic) bond motifs is 1. The van der Waals surface area contributed by atoms with Gasteiger partial charge in [0, 0.05) is 11.3 Å². The maximum Gasteiger partial charge on any atom is 0.235 e. The predicted octanol–water partition coefficient (Wildman–Crippen LogP) is 2.15. The normalized spacial score (nSPS) is 17.4. The van der Waals surface area contributed by atoms with Crippen molar-refractivity contribution in [3.63, 3.8) is 0 Å². The number of hydrogen-bond donors (Lipinski definition) is 1. The number of carbonyl (C=O) groups excluding carboxylic acids is 1. The van der Waals surface area contributed by atoms with Crippen molar-refractivity contribution in [1.82, 2.24) is 4.98 Å². The van der Waals surface area contributed by atoms with Crippen LogP contribution in [0.25, 0.3) is 0 Å². The van der Waals surface area contributed by atoms with E-state index in [2.05, 4.69) is 16.9 Å². The Hall–Kier alpha value is -1.21. The molecule has 20 heavy (non-hydrogen) atoms. The summed E-state index contributed by atoms with van der Waals surface area (Å²) in [4.78, 5) is 17.2. The molecule has 1 aromatic heterocycles. The molecule has 0 unspecified atom stereocenters. The molecule has 5 nitrogen and oxygen atoms in total. The lowest BCUT2D eigenvalue weighted by Gasteiger charge is -2.22. The van der Waals surface area contributed by atoms with Crippen LogP contribution in [0.3, 0.4) is 0 Å². The molecule has 0 aromatic carbocycles. The fraction of sp³-hybridized carbons (Fsp3) is 0.538. The van der Waals surface area contributed by atoms with Crippen LogP contribution in [0.15, 0.2) is 12.2 Å². The number of aromatic nitrogens is 1. The number of amides is 1. The van der Waals surface area contributed by atoms with Crippen LogP contribution in [0.2, 0.25) is 0 Å². The molecule has 0 bridgehead atoms. The number of carbonyl (C=O) groups is 1. The number of anilines is 1. The zero-order valence-electron chi connectivity index (χ0n) is 11.8. The molecule has 0 spiro atoms. The van der Waals surface area contributed by atoms with Gasteiger partial charge < -0.3 is 5.32 Å². The van der Waals surface area contributed by atoms with E-state index >= 15 is 0 Å². The summed E-state index contributed by atoms with van der Waals surface area (Å²) in [6, 6.07) is 0. The number of aryl methyl sites for hydroxylation is 1. The first-order valence-electron chi connectivity index (χ1n) is 6.28. The first-order chi connectivity index (χ1) is 9.12. The van der Waals surface area contributed by atoms with Crippen LogP contribution in [0.4, 0.5) is 5.13 Å². The molecule has 0 radical (unpaired) electrons. The largest absolute Gasteiger partial charge is 0.301 e. The van der Waals surface area contributed by atoms with Crippen LogP contribution in [0.5, 0.6) is 0 Å². The molecular formula is C13H18N2O3S2. The lowest BCUT2D eigenvalue weighted by atomic mass is 9.85. The predicted molar refractivity (Wildman–Crippen MR) is 80.5 cm³/mol. The van der Waals surface area contributed by atoms with E-state index in [4.69, 9.17) is 0 Å². The number of hydrogen-bond acceptors (Lipinski definition) is 5. The molecular weight excluding hydrogens is 296 g/mol. The minimum absolute atomic E-state index is 0.0275. The second kappa shape index (κ2) is 4.96. The minimum Gasteiger partial charge on any atom is -0.301 e. The van der Waals surface area contributed by atoms with Gasteiger partial charge in [0.2, 0.25) is 5.91 Å². The van der Waals surface area contributed by atoms with Crippen molar-refractivity contribution in [2.24, 2.45) is 5.41 Å². The van der Waals surface area contributed by atoms with E-state index < -0.39 is 15.3 Å². The van der Waals surface area contributed by atoms with Crippen molar-refractivity contribution in [1.29, 1.82) is 0 Å². The highest BCUT2D eigenvalue weighted by Crippen LogP contribution is 2.31. The molecule has 7 heteroatoms. The fourth-order valence-corrected chi connectivity index (χ4v) is 4.50. The number of nitrogens with zero attached hydrogens (tertiary/aromatic N) is 1. The maximum absolute atomic E-state index is 12.2. The Kier molecular flexibility index (Phi) is 3.77. The second-order valence-corrected chi connectivity index (χ2v) is 8.86. The third-order valence-corrected chi connectivity index (χ3v) is 6.38.